The summed E-state index contributed by atoms with van der Waals surface area (Å²) in [7, 11) is 0. The Balaban J connectivity index is 1.48. The van der Waals surface area contributed by atoms with Gasteiger partial charge in [-0.05, 0) is 50.7 Å². The monoisotopic (exact) mass is 417 g/mol. The summed E-state index contributed by atoms with van der Waals surface area (Å²) >= 11 is 1.89. The molecule has 0 unspecified atom stereocenters. The van der Waals surface area contributed by atoms with Crippen molar-refractivity contribution in [1.82, 2.24) is 10.2 Å². The molecule has 1 saturated heterocycles. The number of carbonyl (C=O) groups is 2. The number of likely N-dealkylation sites (tertiary alicyclic amines) is 1. The molecule has 0 bridgehead atoms. The molecule has 5 nitrogen and oxygen atoms in total. The predicted molar refractivity (Wildman–Crippen MR) is 120 cm³/mol. The van der Waals surface area contributed by atoms with Gasteiger partial charge in [-0.3, -0.25) is 4.79 Å². The highest BCUT2D eigenvalue weighted by Crippen LogP contribution is 2.38. The van der Waals surface area contributed by atoms with E-state index in [4.69, 9.17) is 0 Å². The molecule has 3 rings (SSSR count). The standard InChI is InChI=1S/C23H35N3O2S/c1-3-17(4-2)22(27)26-15-13-18(14-16-26)24-23(28)25-20-11-7-8-12-21(20)29-19-9-5-6-10-19/h7-8,11-12,17-19H,3-6,9-10,13-16H2,1-2H3,(H2,24,25,28). The smallest absolute Gasteiger partial charge is 0.319 e. The largest absolute Gasteiger partial charge is 0.342 e. The number of rotatable bonds is 7. The van der Waals surface area contributed by atoms with Gasteiger partial charge in [0.2, 0.25) is 5.91 Å². The molecule has 1 aromatic rings. The molecular weight excluding hydrogens is 382 g/mol. The number of thioether (sulfide) groups is 1. The summed E-state index contributed by atoms with van der Waals surface area (Å²) in [6.07, 6.45) is 8.58. The zero-order valence-corrected chi connectivity index (χ0v) is 18.6. The fourth-order valence-corrected chi connectivity index (χ4v) is 5.67. The Labute approximate surface area is 179 Å². The van der Waals surface area contributed by atoms with E-state index in [1.54, 1.807) is 0 Å². The Morgan fingerprint density at radius 3 is 2.38 bits per heavy atom. The number of para-hydroxylation sites is 1. The first-order valence-electron chi connectivity index (χ1n) is 11.2. The highest BCUT2D eigenvalue weighted by Gasteiger charge is 2.27. The molecule has 2 fully saturated rings. The van der Waals surface area contributed by atoms with Gasteiger partial charge in [0.1, 0.15) is 0 Å². The molecule has 0 atom stereocenters. The highest BCUT2D eigenvalue weighted by atomic mass is 32.2. The van der Waals surface area contributed by atoms with Crippen LogP contribution in [0.15, 0.2) is 29.2 Å². The van der Waals surface area contributed by atoms with Crippen LogP contribution in [0.3, 0.4) is 0 Å². The normalized spacial score (nSPS) is 18.2. The summed E-state index contributed by atoms with van der Waals surface area (Å²) in [6.45, 7) is 5.61. The number of amides is 3. The van der Waals surface area contributed by atoms with Crippen molar-refractivity contribution in [3.63, 3.8) is 0 Å². The summed E-state index contributed by atoms with van der Waals surface area (Å²) in [5.74, 6) is 0.410. The van der Waals surface area contributed by atoms with E-state index in [2.05, 4.69) is 30.5 Å². The van der Waals surface area contributed by atoms with Crippen LogP contribution in [-0.2, 0) is 4.79 Å². The SMILES string of the molecule is CCC(CC)C(=O)N1CCC(NC(=O)Nc2ccccc2SC2CCCC2)CC1. The van der Waals surface area contributed by atoms with Crippen LogP contribution in [0.4, 0.5) is 10.5 Å². The second kappa shape index (κ2) is 10.9. The van der Waals surface area contributed by atoms with E-state index in [0.29, 0.717) is 5.25 Å². The number of hydrogen-bond donors (Lipinski definition) is 2. The lowest BCUT2D eigenvalue weighted by Crippen LogP contribution is -2.48. The molecule has 1 aromatic carbocycles. The number of benzene rings is 1. The summed E-state index contributed by atoms with van der Waals surface area (Å²) in [5.41, 5.74) is 0.892. The maximum Gasteiger partial charge on any atom is 0.319 e. The quantitative estimate of drug-likeness (QED) is 0.635. The van der Waals surface area contributed by atoms with Crippen LogP contribution < -0.4 is 10.6 Å². The highest BCUT2D eigenvalue weighted by molar-refractivity contribution is 8.00. The van der Waals surface area contributed by atoms with Gasteiger partial charge < -0.3 is 15.5 Å². The summed E-state index contributed by atoms with van der Waals surface area (Å²) in [6, 6.07) is 8.06. The molecule has 29 heavy (non-hydrogen) atoms. The minimum Gasteiger partial charge on any atom is -0.342 e. The van der Waals surface area contributed by atoms with Gasteiger partial charge in [0.25, 0.3) is 0 Å². The van der Waals surface area contributed by atoms with Gasteiger partial charge in [-0.1, -0.05) is 38.8 Å². The zero-order valence-electron chi connectivity index (χ0n) is 17.8. The average Bonchev–Trinajstić information content (AvgIpc) is 3.24. The minimum absolute atomic E-state index is 0.121. The number of hydrogen-bond acceptors (Lipinski definition) is 3. The fourth-order valence-electron chi connectivity index (χ4n) is 4.34. The van der Waals surface area contributed by atoms with Crippen LogP contribution in [0.5, 0.6) is 0 Å². The van der Waals surface area contributed by atoms with Gasteiger partial charge >= 0.3 is 6.03 Å². The summed E-state index contributed by atoms with van der Waals surface area (Å²) in [4.78, 5) is 28.2. The lowest BCUT2D eigenvalue weighted by atomic mass is 9.98. The van der Waals surface area contributed by atoms with E-state index in [1.807, 2.05) is 34.9 Å². The topological polar surface area (TPSA) is 61.4 Å². The lowest BCUT2D eigenvalue weighted by Gasteiger charge is -2.34. The first-order chi connectivity index (χ1) is 14.1. The molecule has 2 N–H and O–H groups in total. The number of piperidine rings is 1. The predicted octanol–water partition coefficient (Wildman–Crippen LogP) is 5.27. The van der Waals surface area contributed by atoms with Crippen LogP contribution in [0.25, 0.3) is 0 Å². The summed E-state index contributed by atoms with van der Waals surface area (Å²) < 4.78 is 0. The molecule has 1 aliphatic carbocycles. The lowest BCUT2D eigenvalue weighted by molar-refractivity contribution is -0.136. The first-order valence-corrected chi connectivity index (χ1v) is 12.1. The first kappa shape index (κ1) is 22.0. The van der Waals surface area contributed by atoms with E-state index in [1.165, 1.54) is 25.7 Å². The van der Waals surface area contributed by atoms with Crippen molar-refractivity contribution in [2.24, 2.45) is 5.92 Å². The Hall–Kier alpha value is -1.69. The van der Waals surface area contributed by atoms with Gasteiger partial charge in [0, 0.05) is 35.2 Å². The maximum atomic E-state index is 12.6. The average molecular weight is 418 g/mol. The molecule has 0 spiro atoms. The molecule has 1 aliphatic heterocycles. The Morgan fingerprint density at radius 1 is 1.07 bits per heavy atom. The van der Waals surface area contributed by atoms with E-state index < -0.39 is 0 Å². The third kappa shape index (κ3) is 6.14. The molecule has 0 aromatic heterocycles. The van der Waals surface area contributed by atoms with Crippen molar-refractivity contribution >= 4 is 29.4 Å². The third-order valence-corrected chi connectivity index (χ3v) is 7.62. The van der Waals surface area contributed by atoms with Crippen molar-refractivity contribution in [2.45, 2.75) is 81.4 Å². The van der Waals surface area contributed by atoms with Crippen molar-refractivity contribution < 1.29 is 9.59 Å². The second-order valence-electron chi connectivity index (χ2n) is 8.23. The van der Waals surface area contributed by atoms with E-state index in [9.17, 15) is 9.59 Å². The van der Waals surface area contributed by atoms with Crippen LogP contribution in [0, 0.1) is 5.92 Å². The molecule has 1 heterocycles. The number of nitrogens with one attached hydrogen (secondary N) is 2. The minimum atomic E-state index is -0.144. The van der Waals surface area contributed by atoms with E-state index >= 15 is 0 Å². The number of anilines is 1. The summed E-state index contributed by atoms with van der Waals surface area (Å²) in [5, 5.41) is 6.82. The van der Waals surface area contributed by atoms with Gasteiger partial charge in [0.05, 0.1) is 5.69 Å². The molecule has 1 saturated carbocycles. The van der Waals surface area contributed by atoms with Crippen molar-refractivity contribution in [3.05, 3.63) is 24.3 Å². The molecular formula is C23H35N3O2S. The van der Waals surface area contributed by atoms with Crippen molar-refractivity contribution in [2.75, 3.05) is 18.4 Å². The van der Waals surface area contributed by atoms with Gasteiger partial charge in [-0.15, -0.1) is 11.8 Å². The molecule has 160 valence electrons. The molecule has 6 heteroatoms. The maximum absolute atomic E-state index is 12.6. The second-order valence-corrected chi connectivity index (χ2v) is 9.57. The Kier molecular flexibility index (Phi) is 8.28. The van der Waals surface area contributed by atoms with Gasteiger partial charge in [-0.2, -0.15) is 0 Å². The number of nitrogens with zero attached hydrogens (tertiary/aromatic N) is 1. The van der Waals surface area contributed by atoms with Crippen molar-refractivity contribution in [1.29, 1.82) is 0 Å². The number of carbonyl (C=O) groups excluding carboxylic acids is 2. The fraction of sp³-hybridized carbons (Fsp3) is 0.652. The Bertz CT molecular complexity index is 678. The zero-order chi connectivity index (χ0) is 20.6. The third-order valence-electron chi connectivity index (χ3n) is 6.21. The van der Waals surface area contributed by atoms with Crippen molar-refractivity contribution in [3.8, 4) is 0 Å². The van der Waals surface area contributed by atoms with Crippen LogP contribution >= 0.6 is 11.8 Å². The van der Waals surface area contributed by atoms with E-state index in [0.717, 1.165) is 49.4 Å². The van der Waals surface area contributed by atoms with Crippen LogP contribution in [0.1, 0.15) is 65.2 Å². The molecule has 3 amide bonds. The van der Waals surface area contributed by atoms with Gasteiger partial charge in [0.15, 0.2) is 0 Å². The number of urea groups is 1. The van der Waals surface area contributed by atoms with E-state index in [-0.39, 0.29) is 23.9 Å². The molecule has 2 aliphatic rings. The Morgan fingerprint density at radius 2 is 1.72 bits per heavy atom. The molecule has 0 radical (unpaired) electrons. The van der Waals surface area contributed by atoms with Crippen LogP contribution in [-0.4, -0.2) is 41.2 Å². The van der Waals surface area contributed by atoms with Crippen LogP contribution in [0.2, 0.25) is 0 Å². The van der Waals surface area contributed by atoms with Gasteiger partial charge in [-0.25, -0.2) is 4.79 Å².